The van der Waals surface area contributed by atoms with Gasteiger partial charge in [0.15, 0.2) is 0 Å². The van der Waals surface area contributed by atoms with Gasteiger partial charge in [0.2, 0.25) is 0 Å². The molecular formula is C21H26N4O4S. The minimum atomic E-state index is -0.248. The van der Waals surface area contributed by atoms with Crippen molar-refractivity contribution >= 4 is 17.9 Å². The van der Waals surface area contributed by atoms with Gasteiger partial charge in [-0.1, -0.05) is 12.1 Å². The number of nitrogens with one attached hydrogen (secondary N) is 1. The molecule has 0 spiro atoms. The van der Waals surface area contributed by atoms with Crippen LogP contribution >= 0.6 is 11.9 Å². The summed E-state index contributed by atoms with van der Waals surface area (Å²) >= 11 is 1.14. The first-order valence-electron chi connectivity index (χ1n) is 9.06. The number of benzene rings is 2. The largest absolute Gasteiger partial charge is 0.496 e. The van der Waals surface area contributed by atoms with Crippen molar-refractivity contribution in [3.63, 3.8) is 0 Å². The molecule has 8 nitrogen and oxygen atoms in total. The lowest BCUT2D eigenvalue weighted by atomic mass is 10.1. The van der Waals surface area contributed by atoms with E-state index in [4.69, 9.17) is 14.2 Å². The third-order valence-electron chi connectivity index (χ3n) is 4.07. The van der Waals surface area contributed by atoms with Crippen LogP contribution in [0.15, 0.2) is 59.8 Å². The lowest BCUT2D eigenvalue weighted by Crippen LogP contribution is -2.16. The maximum absolute atomic E-state index is 12.6. The topological polar surface area (TPSA) is 101 Å². The SMILES string of the molecule is CN.COc1cc(C(=O)NSc2c(OC)cccc2OC)ccc1Cn1cccn1. The Bertz CT molecular complexity index is 926. The summed E-state index contributed by atoms with van der Waals surface area (Å²) in [5, 5.41) is 4.19. The standard InChI is InChI=1S/C20H21N3O4S.CH5N/c1-25-16-6-4-7-17(26-2)19(16)28-22-20(24)14-8-9-15(18(12-14)27-3)13-23-11-5-10-21-23;1-2/h4-12H,13H2,1-3H3,(H,22,24);2H2,1H3. The summed E-state index contributed by atoms with van der Waals surface area (Å²) in [4.78, 5) is 13.3. The molecule has 160 valence electrons. The Kier molecular flexibility index (Phi) is 9.04. The first-order valence-corrected chi connectivity index (χ1v) is 9.88. The average molecular weight is 431 g/mol. The third kappa shape index (κ3) is 5.68. The summed E-state index contributed by atoms with van der Waals surface area (Å²) in [5.41, 5.74) is 5.92. The van der Waals surface area contributed by atoms with E-state index in [1.54, 1.807) is 44.3 Å². The molecule has 0 aliphatic rings. The molecule has 0 bridgehead atoms. The van der Waals surface area contributed by atoms with Gasteiger partial charge in [-0.05, 0) is 49.3 Å². The van der Waals surface area contributed by atoms with Crippen LogP contribution in [0.4, 0.5) is 0 Å². The average Bonchev–Trinajstić information content (AvgIpc) is 3.31. The molecule has 1 heterocycles. The molecule has 1 aromatic heterocycles. The Morgan fingerprint density at radius 1 is 1.03 bits per heavy atom. The van der Waals surface area contributed by atoms with Gasteiger partial charge < -0.3 is 19.9 Å². The van der Waals surface area contributed by atoms with E-state index < -0.39 is 0 Å². The van der Waals surface area contributed by atoms with Crippen molar-refractivity contribution in [2.75, 3.05) is 28.4 Å². The number of methoxy groups -OCH3 is 3. The highest BCUT2D eigenvalue weighted by atomic mass is 32.2. The van der Waals surface area contributed by atoms with Gasteiger partial charge in [0, 0.05) is 23.5 Å². The second kappa shape index (κ2) is 11.7. The number of nitrogens with zero attached hydrogens (tertiary/aromatic N) is 2. The van der Waals surface area contributed by atoms with Gasteiger partial charge in [0.25, 0.3) is 5.91 Å². The van der Waals surface area contributed by atoms with Gasteiger partial charge in [0.05, 0.1) is 27.9 Å². The van der Waals surface area contributed by atoms with Crippen molar-refractivity contribution in [3.05, 3.63) is 66.0 Å². The molecular weight excluding hydrogens is 404 g/mol. The van der Waals surface area contributed by atoms with Crippen molar-refractivity contribution in [2.24, 2.45) is 5.73 Å². The summed E-state index contributed by atoms with van der Waals surface area (Å²) in [6.45, 7) is 0.561. The lowest BCUT2D eigenvalue weighted by molar-refractivity contribution is 0.0984. The summed E-state index contributed by atoms with van der Waals surface area (Å²) in [6, 6.07) is 12.6. The number of ether oxygens (including phenoxy) is 3. The smallest absolute Gasteiger partial charge is 0.261 e. The van der Waals surface area contributed by atoms with Crippen LogP contribution < -0.4 is 24.7 Å². The molecule has 3 aromatic rings. The van der Waals surface area contributed by atoms with Crippen molar-refractivity contribution in [3.8, 4) is 17.2 Å². The number of hydrogen-bond donors (Lipinski definition) is 2. The second-order valence-electron chi connectivity index (χ2n) is 5.76. The van der Waals surface area contributed by atoms with Crippen LogP contribution in [0.1, 0.15) is 15.9 Å². The van der Waals surface area contributed by atoms with Gasteiger partial charge in [-0.3, -0.25) is 14.2 Å². The molecule has 0 aliphatic carbocycles. The van der Waals surface area contributed by atoms with Gasteiger partial charge in [0.1, 0.15) is 22.1 Å². The van der Waals surface area contributed by atoms with Crippen LogP contribution in [-0.4, -0.2) is 44.1 Å². The molecule has 3 N–H and O–H groups in total. The van der Waals surface area contributed by atoms with E-state index >= 15 is 0 Å². The van der Waals surface area contributed by atoms with E-state index in [0.717, 1.165) is 17.5 Å². The molecule has 0 fully saturated rings. The van der Waals surface area contributed by atoms with Gasteiger partial charge in [-0.25, -0.2) is 0 Å². The number of aromatic nitrogens is 2. The van der Waals surface area contributed by atoms with Gasteiger partial charge in [-0.2, -0.15) is 5.10 Å². The number of hydrogen-bond acceptors (Lipinski definition) is 7. The Morgan fingerprint density at radius 3 is 2.27 bits per heavy atom. The number of rotatable bonds is 8. The maximum Gasteiger partial charge on any atom is 0.261 e. The van der Waals surface area contributed by atoms with Crippen molar-refractivity contribution in [1.82, 2.24) is 14.5 Å². The number of amides is 1. The Hall–Kier alpha value is -3.17. The summed E-state index contributed by atoms with van der Waals surface area (Å²) in [5.74, 6) is 1.62. The van der Waals surface area contributed by atoms with Crippen LogP contribution in [0.3, 0.4) is 0 Å². The maximum atomic E-state index is 12.6. The first kappa shape index (κ1) is 23.1. The fourth-order valence-electron chi connectivity index (χ4n) is 2.66. The number of carbonyl (C=O) groups is 1. The molecule has 0 atom stereocenters. The van der Waals surface area contributed by atoms with Crippen LogP contribution in [0.5, 0.6) is 17.2 Å². The van der Waals surface area contributed by atoms with Crippen LogP contribution in [0.25, 0.3) is 0 Å². The molecule has 9 heteroatoms. The van der Waals surface area contributed by atoms with E-state index in [1.807, 2.05) is 36.5 Å². The molecule has 3 rings (SSSR count). The second-order valence-corrected chi connectivity index (χ2v) is 6.57. The van der Waals surface area contributed by atoms with Crippen LogP contribution in [0.2, 0.25) is 0 Å². The third-order valence-corrected chi connectivity index (χ3v) is 4.96. The normalized spacial score (nSPS) is 9.90. The van der Waals surface area contributed by atoms with Crippen molar-refractivity contribution in [1.29, 1.82) is 0 Å². The zero-order valence-corrected chi connectivity index (χ0v) is 18.2. The Balaban J connectivity index is 0.00000155. The summed E-state index contributed by atoms with van der Waals surface area (Å²) in [6.07, 6.45) is 3.59. The van der Waals surface area contributed by atoms with E-state index in [1.165, 1.54) is 7.05 Å². The number of nitrogens with two attached hydrogens (primary N) is 1. The molecule has 0 saturated carbocycles. The predicted octanol–water partition coefficient (Wildman–Crippen LogP) is 2.97. The fourth-order valence-corrected chi connectivity index (χ4v) is 3.48. The molecule has 0 saturated heterocycles. The molecule has 0 aliphatic heterocycles. The molecule has 30 heavy (non-hydrogen) atoms. The molecule has 0 unspecified atom stereocenters. The van der Waals surface area contributed by atoms with E-state index in [-0.39, 0.29) is 5.91 Å². The van der Waals surface area contributed by atoms with E-state index in [9.17, 15) is 4.79 Å². The minimum Gasteiger partial charge on any atom is -0.496 e. The van der Waals surface area contributed by atoms with Crippen molar-refractivity contribution < 1.29 is 19.0 Å². The number of carbonyl (C=O) groups excluding carboxylic acids is 1. The van der Waals surface area contributed by atoms with Crippen LogP contribution in [0, 0.1) is 0 Å². The first-order chi connectivity index (χ1) is 14.7. The quantitative estimate of drug-likeness (QED) is 0.530. The monoisotopic (exact) mass is 430 g/mol. The zero-order chi connectivity index (χ0) is 21.9. The Morgan fingerprint density at radius 2 is 1.70 bits per heavy atom. The van der Waals surface area contributed by atoms with Crippen LogP contribution in [-0.2, 0) is 6.54 Å². The minimum absolute atomic E-state index is 0.248. The highest BCUT2D eigenvalue weighted by molar-refractivity contribution is 7.98. The fraction of sp³-hybridized carbons (Fsp3) is 0.238. The Labute approximate surface area is 180 Å². The van der Waals surface area contributed by atoms with Gasteiger partial charge >= 0.3 is 0 Å². The molecule has 2 aromatic carbocycles. The summed E-state index contributed by atoms with van der Waals surface area (Å²) in [7, 11) is 6.23. The summed E-state index contributed by atoms with van der Waals surface area (Å²) < 4.78 is 20.8. The predicted molar refractivity (Wildman–Crippen MR) is 117 cm³/mol. The van der Waals surface area contributed by atoms with E-state index in [2.05, 4.69) is 15.6 Å². The zero-order valence-electron chi connectivity index (χ0n) is 17.4. The van der Waals surface area contributed by atoms with Crippen molar-refractivity contribution in [2.45, 2.75) is 11.4 Å². The van der Waals surface area contributed by atoms with Gasteiger partial charge in [-0.15, -0.1) is 0 Å². The molecule has 0 radical (unpaired) electrons. The highest BCUT2D eigenvalue weighted by Crippen LogP contribution is 2.36. The van der Waals surface area contributed by atoms with E-state index in [0.29, 0.717) is 34.3 Å². The lowest BCUT2D eigenvalue weighted by Gasteiger charge is -2.13. The highest BCUT2D eigenvalue weighted by Gasteiger charge is 2.15. The molecule has 1 amide bonds.